The maximum atomic E-state index is 12.7. The molecule has 0 aliphatic heterocycles. The molecule has 0 radical (unpaired) electrons. The molecule has 1 aromatic heterocycles. The van der Waals surface area contributed by atoms with Crippen LogP contribution >= 0.6 is 0 Å². The fourth-order valence-electron chi connectivity index (χ4n) is 1.46. The number of halogens is 1. The highest BCUT2D eigenvalue weighted by Crippen LogP contribution is 2.12. The van der Waals surface area contributed by atoms with Gasteiger partial charge < -0.3 is 4.52 Å². The standard InChI is InChI=1S/C12H13FN2O2S/c1-2-3-11-14-12(17-15-11)8-18(16)10-6-4-9(13)5-7-10/h4-7H,2-3,8H2,1H3. The lowest BCUT2D eigenvalue weighted by atomic mass is 10.3. The summed E-state index contributed by atoms with van der Waals surface area (Å²) in [5.41, 5.74) is 0. The highest BCUT2D eigenvalue weighted by Gasteiger charge is 2.11. The van der Waals surface area contributed by atoms with Gasteiger partial charge in [-0.25, -0.2) is 4.39 Å². The fraction of sp³-hybridized carbons (Fsp3) is 0.333. The van der Waals surface area contributed by atoms with Gasteiger partial charge in [0, 0.05) is 11.3 Å². The summed E-state index contributed by atoms with van der Waals surface area (Å²) in [4.78, 5) is 4.69. The summed E-state index contributed by atoms with van der Waals surface area (Å²) in [6.07, 6.45) is 1.67. The van der Waals surface area contributed by atoms with Crippen LogP contribution in [-0.2, 0) is 23.0 Å². The summed E-state index contributed by atoms with van der Waals surface area (Å²) in [5, 5.41) is 3.79. The van der Waals surface area contributed by atoms with Crippen LogP contribution in [0.15, 0.2) is 33.7 Å². The normalized spacial score (nSPS) is 12.6. The van der Waals surface area contributed by atoms with Gasteiger partial charge in [-0.2, -0.15) is 4.98 Å². The van der Waals surface area contributed by atoms with E-state index in [0.717, 1.165) is 12.8 Å². The first-order valence-electron chi connectivity index (χ1n) is 5.64. The van der Waals surface area contributed by atoms with Crippen molar-refractivity contribution in [2.24, 2.45) is 0 Å². The largest absolute Gasteiger partial charge is 0.338 e. The highest BCUT2D eigenvalue weighted by atomic mass is 32.2. The minimum atomic E-state index is -1.30. The Hall–Kier alpha value is -1.56. The van der Waals surface area contributed by atoms with Crippen LogP contribution in [0.5, 0.6) is 0 Å². The number of aromatic nitrogens is 2. The second kappa shape index (κ2) is 5.86. The lowest BCUT2D eigenvalue weighted by Crippen LogP contribution is -1.97. The van der Waals surface area contributed by atoms with Gasteiger partial charge in [0.05, 0.1) is 10.8 Å². The van der Waals surface area contributed by atoms with E-state index in [1.54, 1.807) is 0 Å². The Morgan fingerprint density at radius 1 is 1.33 bits per heavy atom. The Kier molecular flexibility index (Phi) is 4.19. The maximum absolute atomic E-state index is 12.7. The molecule has 1 unspecified atom stereocenters. The van der Waals surface area contributed by atoms with Gasteiger partial charge in [0.15, 0.2) is 5.82 Å². The van der Waals surface area contributed by atoms with Crippen LogP contribution in [0, 0.1) is 5.82 Å². The summed E-state index contributed by atoms with van der Waals surface area (Å²) < 4.78 is 29.7. The van der Waals surface area contributed by atoms with Gasteiger partial charge in [0.2, 0.25) is 5.89 Å². The number of hydrogen-bond acceptors (Lipinski definition) is 4. The van der Waals surface area contributed by atoms with Crippen LogP contribution in [0.3, 0.4) is 0 Å². The minimum Gasteiger partial charge on any atom is -0.338 e. The Labute approximate surface area is 107 Å². The van der Waals surface area contributed by atoms with E-state index in [4.69, 9.17) is 4.52 Å². The van der Waals surface area contributed by atoms with Crippen molar-refractivity contribution >= 4 is 10.8 Å². The molecule has 2 aromatic rings. The van der Waals surface area contributed by atoms with Crippen LogP contribution in [0.25, 0.3) is 0 Å². The maximum Gasteiger partial charge on any atom is 0.239 e. The van der Waals surface area contributed by atoms with Gasteiger partial charge in [-0.3, -0.25) is 4.21 Å². The number of hydrogen-bond donors (Lipinski definition) is 0. The van der Waals surface area contributed by atoms with Crippen LogP contribution in [0.1, 0.15) is 25.1 Å². The zero-order valence-corrected chi connectivity index (χ0v) is 10.7. The average Bonchev–Trinajstić information content (AvgIpc) is 2.78. The molecule has 4 nitrogen and oxygen atoms in total. The molecule has 96 valence electrons. The molecular weight excluding hydrogens is 255 g/mol. The Bertz CT molecular complexity index is 539. The van der Waals surface area contributed by atoms with Crippen LogP contribution in [0.2, 0.25) is 0 Å². The summed E-state index contributed by atoms with van der Waals surface area (Å²) in [6, 6.07) is 5.55. The molecule has 0 aliphatic rings. The molecule has 0 spiro atoms. The molecule has 0 aliphatic carbocycles. The third-order valence-electron chi connectivity index (χ3n) is 2.31. The minimum absolute atomic E-state index is 0.155. The number of rotatable bonds is 5. The summed E-state index contributed by atoms with van der Waals surface area (Å²) in [7, 11) is -1.30. The van der Waals surface area contributed by atoms with E-state index < -0.39 is 10.8 Å². The van der Waals surface area contributed by atoms with Gasteiger partial charge in [-0.05, 0) is 30.7 Å². The van der Waals surface area contributed by atoms with E-state index in [-0.39, 0.29) is 11.6 Å². The van der Waals surface area contributed by atoms with Crippen LogP contribution in [-0.4, -0.2) is 14.3 Å². The van der Waals surface area contributed by atoms with Gasteiger partial charge >= 0.3 is 0 Å². The van der Waals surface area contributed by atoms with Crippen molar-refractivity contribution in [3.8, 4) is 0 Å². The third-order valence-corrected chi connectivity index (χ3v) is 3.62. The van der Waals surface area contributed by atoms with Crippen molar-refractivity contribution < 1.29 is 13.1 Å². The smallest absolute Gasteiger partial charge is 0.239 e. The molecule has 0 amide bonds. The fourth-order valence-corrected chi connectivity index (χ4v) is 2.40. The van der Waals surface area contributed by atoms with Crippen molar-refractivity contribution in [1.82, 2.24) is 10.1 Å². The molecule has 1 aromatic carbocycles. The summed E-state index contributed by atoms with van der Waals surface area (Å²) >= 11 is 0. The first kappa shape index (κ1) is 12.9. The lowest BCUT2D eigenvalue weighted by Gasteiger charge is -1.98. The zero-order valence-electron chi connectivity index (χ0n) is 9.93. The highest BCUT2D eigenvalue weighted by molar-refractivity contribution is 7.84. The molecule has 6 heteroatoms. The topological polar surface area (TPSA) is 56.0 Å². The summed E-state index contributed by atoms with van der Waals surface area (Å²) in [5.74, 6) is 0.783. The second-order valence-electron chi connectivity index (χ2n) is 3.80. The van der Waals surface area contributed by atoms with Crippen molar-refractivity contribution in [3.05, 3.63) is 41.8 Å². The molecule has 0 N–H and O–H groups in total. The van der Waals surface area contributed by atoms with Gasteiger partial charge in [-0.15, -0.1) is 0 Å². The van der Waals surface area contributed by atoms with E-state index in [9.17, 15) is 8.60 Å². The first-order chi connectivity index (χ1) is 8.69. The molecule has 2 rings (SSSR count). The van der Waals surface area contributed by atoms with Gasteiger partial charge in [0.1, 0.15) is 11.6 Å². The number of benzene rings is 1. The van der Waals surface area contributed by atoms with Gasteiger partial charge in [-0.1, -0.05) is 12.1 Å². The van der Waals surface area contributed by atoms with E-state index in [0.29, 0.717) is 16.6 Å². The van der Waals surface area contributed by atoms with E-state index >= 15 is 0 Å². The predicted molar refractivity (Wildman–Crippen MR) is 64.8 cm³/mol. The number of nitrogens with zero attached hydrogens (tertiary/aromatic N) is 2. The molecule has 0 fully saturated rings. The lowest BCUT2D eigenvalue weighted by molar-refractivity contribution is 0.384. The van der Waals surface area contributed by atoms with Crippen LogP contribution in [0.4, 0.5) is 4.39 Å². The quantitative estimate of drug-likeness (QED) is 0.836. The summed E-state index contributed by atoms with van der Waals surface area (Å²) in [6.45, 7) is 2.02. The van der Waals surface area contributed by atoms with Crippen molar-refractivity contribution in [1.29, 1.82) is 0 Å². The van der Waals surface area contributed by atoms with E-state index in [1.165, 1.54) is 24.3 Å². The van der Waals surface area contributed by atoms with E-state index in [1.807, 2.05) is 6.92 Å². The molecule has 0 bridgehead atoms. The second-order valence-corrected chi connectivity index (χ2v) is 5.25. The Morgan fingerprint density at radius 3 is 2.72 bits per heavy atom. The molecule has 1 atom stereocenters. The number of aryl methyl sites for hydroxylation is 1. The Balaban J connectivity index is 2.04. The molecular formula is C12H13FN2O2S. The predicted octanol–water partition coefficient (Wildman–Crippen LogP) is 2.47. The van der Waals surface area contributed by atoms with Gasteiger partial charge in [0.25, 0.3) is 0 Å². The van der Waals surface area contributed by atoms with Crippen molar-refractivity contribution in [2.45, 2.75) is 30.4 Å². The van der Waals surface area contributed by atoms with E-state index in [2.05, 4.69) is 10.1 Å². The van der Waals surface area contributed by atoms with Crippen molar-refractivity contribution in [3.63, 3.8) is 0 Å². The third kappa shape index (κ3) is 3.22. The monoisotopic (exact) mass is 268 g/mol. The van der Waals surface area contributed by atoms with Crippen molar-refractivity contribution in [2.75, 3.05) is 0 Å². The van der Waals surface area contributed by atoms with Crippen LogP contribution < -0.4 is 0 Å². The molecule has 18 heavy (non-hydrogen) atoms. The molecule has 0 saturated heterocycles. The first-order valence-corrected chi connectivity index (χ1v) is 6.96. The Morgan fingerprint density at radius 2 is 2.06 bits per heavy atom. The molecule has 1 heterocycles. The average molecular weight is 268 g/mol. The molecule has 0 saturated carbocycles. The zero-order chi connectivity index (χ0) is 13.0. The SMILES string of the molecule is CCCc1noc(CS(=O)c2ccc(F)cc2)n1.